The van der Waals surface area contributed by atoms with Gasteiger partial charge < -0.3 is 15.0 Å². The molecule has 0 aliphatic heterocycles. The van der Waals surface area contributed by atoms with Crippen molar-refractivity contribution in [1.29, 1.82) is 0 Å². The van der Waals surface area contributed by atoms with Crippen LogP contribution in [0.3, 0.4) is 0 Å². The molecule has 0 aliphatic rings. The Bertz CT molecular complexity index is 669. The normalized spacial score (nSPS) is 15.0. The molecule has 2 N–H and O–H groups in total. The van der Waals surface area contributed by atoms with Crippen LogP contribution < -0.4 is 35.3 Å². The van der Waals surface area contributed by atoms with E-state index in [0.717, 1.165) is 6.92 Å². The van der Waals surface area contributed by atoms with Gasteiger partial charge >= 0.3 is 35.7 Å². The molecular formula is C10H19N2NaO9S2. The zero-order chi connectivity index (χ0) is 18.8. The van der Waals surface area contributed by atoms with Crippen LogP contribution in [0.15, 0.2) is 0 Å². The van der Waals surface area contributed by atoms with E-state index in [-0.39, 0.29) is 29.6 Å². The van der Waals surface area contributed by atoms with Crippen LogP contribution in [0.5, 0.6) is 0 Å². The van der Waals surface area contributed by atoms with Crippen molar-refractivity contribution in [2.24, 2.45) is 5.73 Å². The van der Waals surface area contributed by atoms with Crippen LogP contribution in [-0.4, -0.2) is 61.7 Å². The second-order valence-electron chi connectivity index (χ2n) is 5.57. The van der Waals surface area contributed by atoms with Gasteiger partial charge in [-0.25, -0.2) is 13.2 Å². The van der Waals surface area contributed by atoms with Gasteiger partial charge in [0.2, 0.25) is 0 Å². The van der Waals surface area contributed by atoms with E-state index in [1.807, 2.05) is 0 Å². The Labute approximate surface area is 163 Å². The molecule has 0 aromatic rings. The standard InChI is InChI=1S/C10H20N2O9S2.Na/c1-6(21-22(5,15)16)7(11)8(13)12(23(17,18)19)9(14)20-10(2,3)4;/h6-7H,11H2,1-5H3,(H,17,18,19);/q;+1/p-1/t6-,7+;/m1./s1. The fourth-order valence-electron chi connectivity index (χ4n) is 1.27. The maximum Gasteiger partial charge on any atom is 1.00 e. The number of nitrogens with two attached hydrogens (primary N) is 1. The summed E-state index contributed by atoms with van der Waals surface area (Å²) in [4.78, 5) is 23.7. The average Bonchev–Trinajstić information content (AvgIpc) is 2.20. The van der Waals surface area contributed by atoms with Gasteiger partial charge in [-0.2, -0.15) is 8.42 Å². The predicted molar refractivity (Wildman–Crippen MR) is 76.1 cm³/mol. The number of rotatable bonds is 5. The first kappa shape index (κ1) is 26.0. The van der Waals surface area contributed by atoms with Crippen LogP contribution >= 0.6 is 0 Å². The molecule has 0 heterocycles. The maximum absolute atomic E-state index is 12.0. The van der Waals surface area contributed by atoms with Gasteiger partial charge in [-0.1, -0.05) is 0 Å². The molecule has 0 aromatic carbocycles. The molecule has 0 bridgehead atoms. The number of imide groups is 1. The van der Waals surface area contributed by atoms with Crippen LogP contribution in [0.1, 0.15) is 27.7 Å². The van der Waals surface area contributed by atoms with Crippen molar-refractivity contribution >= 4 is 32.4 Å². The van der Waals surface area contributed by atoms with Crippen molar-refractivity contribution in [3.8, 4) is 0 Å². The third-order valence-electron chi connectivity index (χ3n) is 2.10. The van der Waals surface area contributed by atoms with E-state index < -0.39 is 54.5 Å². The Morgan fingerprint density at radius 1 is 1.17 bits per heavy atom. The van der Waals surface area contributed by atoms with E-state index in [0.29, 0.717) is 6.26 Å². The fourth-order valence-corrected chi connectivity index (χ4v) is 2.50. The molecule has 14 heteroatoms. The number of hydrogen-bond acceptors (Lipinski definition) is 10. The van der Waals surface area contributed by atoms with Gasteiger partial charge in [0.15, 0.2) is 10.3 Å². The number of amides is 2. The van der Waals surface area contributed by atoms with Crippen molar-refractivity contribution in [1.82, 2.24) is 4.31 Å². The molecule has 0 unspecified atom stereocenters. The summed E-state index contributed by atoms with van der Waals surface area (Å²) in [7, 11) is -9.59. The SMILES string of the molecule is C[C@@H](OS(C)(=O)=O)[C@H](N)C(=O)N(C(=O)OC(C)(C)C)S(=O)(=O)[O-].[Na+]. The Kier molecular flexibility index (Phi) is 9.62. The molecular weight excluding hydrogens is 379 g/mol. The molecule has 136 valence electrons. The molecule has 0 radical (unpaired) electrons. The smallest absolute Gasteiger partial charge is 0.730 e. The predicted octanol–water partition coefficient (Wildman–Crippen LogP) is -4.09. The summed E-state index contributed by atoms with van der Waals surface area (Å²) in [6, 6.07) is -1.92. The van der Waals surface area contributed by atoms with E-state index in [9.17, 15) is 31.0 Å². The maximum atomic E-state index is 12.0. The monoisotopic (exact) mass is 398 g/mol. The summed E-state index contributed by atoms with van der Waals surface area (Å²) in [5.74, 6) is -1.68. The summed E-state index contributed by atoms with van der Waals surface area (Å²) in [6.07, 6.45) is -2.60. The van der Waals surface area contributed by atoms with Gasteiger partial charge in [0.25, 0.3) is 16.0 Å². The Hall–Kier alpha value is -0.280. The summed E-state index contributed by atoms with van der Waals surface area (Å²) in [5.41, 5.74) is 4.18. The van der Waals surface area contributed by atoms with Crippen LogP contribution in [0, 0.1) is 0 Å². The largest absolute Gasteiger partial charge is 1.00 e. The first-order chi connectivity index (χ1) is 9.96. The zero-order valence-corrected chi connectivity index (χ0v) is 17.8. The molecule has 0 aromatic heterocycles. The summed E-state index contributed by atoms with van der Waals surface area (Å²) in [5, 5.41) is 0. The van der Waals surface area contributed by atoms with Crippen LogP contribution in [-0.2, 0) is 34.1 Å². The van der Waals surface area contributed by atoms with Crippen molar-refractivity contribution in [2.45, 2.75) is 45.4 Å². The van der Waals surface area contributed by atoms with E-state index in [1.165, 1.54) is 20.8 Å². The Balaban J connectivity index is 0. The minimum Gasteiger partial charge on any atom is -0.730 e. The number of nitrogens with zero attached hydrogens (tertiary/aromatic N) is 1. The van der Waals surface area contributed by atoms with E-state index in [1.54, 1.807) is 0 Å². The van der Waals surface area contributed by atoms with E-state index in [2.05, 4.69) is 8.92 Å². The Morgan fingerprint density at radius 2 is 1.58 bits per heavy atom. The second-order valence-corrected chi connectivity index (χ2v) is 8.39. The first-order valence-electron chi connectivity index (χ1n) is 6.12. The quantitative estimate of drug-likeness (QED) is 0.272. The Morgan fingerprint density at radius 3 is 1.88 bits per heavy atom. The molecule has 2 atom stereocenters. The van der Waals surface area contributed by atoms with Crippen LogP contribution in [0.25, 0.3) is 0 Å². The van der Waals surface area contributed by atoms with Crippen molar-refractivity contribution < 1.29 is 69.5 Å². The van der Waals surface area contributed by atoms with Crippen molar-refractivity contribution in [2.75, 3.05) is 6.26 Å². The van der Waals surface area contributed by atoms with Crippen molar-refractivity contribution in [3.05, 3.63) is 0 Å². The number of ether oxygens (including phenoxy) is 1. The van der Waals surface area contributed by atoms with Gasteiger partial charge in [0.05, 0.1) is 12.4 Å². The minimum atomic E-state index is -5.58. The first-order valence-corrected chi connectivity index (χ1v) is 9.30. The average molecular weight is 398 g/mol. The van der Waals surface area contributed by atoms with Gasteiger partial charge in [0.1, 0.15) is 11.6 Å². The van der Waals surface area contributed by atoms with Gasteiger partial charge in [-0.3, -0.25) is 8.98 Å². The molecule has 11 nitrogen and oxygen atoms in total. The summed E-state index contributed by atoms with van der Waals surface area (Å²) in [6.45, 7) is 5.18. The third kappa shape index (κ3) is 9.27. The molecule has 0 aliphatic carbocycles. The zero-order valence-electron chi connectivity index (χ0n) is 14.2. The molecule has 24 heavy (non-hydrogen) atoms. The molecule has 0 saturated heterocycles. The van der Waals surface area contributed by atoms with Crippen molar-refractivity contribution in [3.63, 3.8) is 0 Å². The van der Waals surface area contributed by atoms with Crippen LogP contribution in [0.4, 0.5) is 4.79 Å². The molecule has 0 spiro atoms. The summed E-state index contributed by atoms with van der Waals surface area (Å²) >= 11 is 0. The van der Waals surface area contributed by atoms with Gasteiger partial charge in [0, 0.05) is 0 Å². The second kappa shape index (κ2) is 8.89. The molecule has 0 rings (SSSR count). The topological polar surface area (TPSA) is 173 Å². The molecule has 2 amide bonds. The minimum absolute atomic E-state index is 0. The van der Waals surface area contributed by atoms with E-state index in [4.69, 9.17) is 5.73 Å². The number of carbonyl (C=O) groups is 2. The fraction of sp³-hybridized carbons (Fsp3) is 0.800. The molecule has 0 fully saturated rings. The van der Waals surface area contributed by atoms with E-state index >= 15 is 0 Å². The third-order valence-corrected chi connectivity index (χ3v) is 3.53. The van der Waals surface area contributed by atoms with Gasteiger partial charge in [-0.15, -0.1) is 4.31 Å². The van der Waals surface area contributed by atoms with Crippen LogP contribution in [0.2, 0.25) is 0 Å². The molecule has 0 saturated carbocycles. The number of carbonyl (C=O) groups excluding carboxylic acids is 2. The summed E-state index contributed by atoms with van der Waals surface area (Å²) < 4.78 is 63.8. The number of hydrogen-bond donors (Lipinski definition) is 1. The van der Waals surface area contributed by atoms with Gasteiger partial charge in [-0.05, 0) is 27.7 Å².